The number of aromatic nitrogens is 2. The van der Waals surface area contributed by atoms with E-state index in [-0.39, 0.29) is 41.3 Å². The third-order valence-corrected chi connectivity index (χ3v) is 6.86. The van der Waals surface area contributed by atoms with Gasteiger partial charge in [-0.15, -0.1) is 0 Å². The van der Waals surface area contributed by atoms with Gasteiger partial charge in [0.2, 0.25) is 17.6 Å². The molecule has 0 fully saturated rings. The van der Waals surface area contributed by atoms with E-state index in [4.69, 9.17) is 4.74 Å². The molecule has 248 valence electrons. The van der Waals surface area contributed by atoms with E-state index in [1.165, 1.54) is 17.0 Å². The molecule has 3 amide bonds. The molecule has 0 aliphatic carbocycles. The lowest BCUT2D eigenvalue weighted by atomic mass is 10.0. The Labute approximate surface area is 258 Å². The summed E-state index contributed by atoms with van der Waals surface area (Å²) in [5.41, 5.74) is -1.83. The number of halogens is 7. The van der Waals surface area contributed by atoms with Crippen molar-refractivity contribution in [2.24, 2.45) is 0 Å². The molecule has 46 heavy (non-hydrogen) atoms. The summed E-state index contributed by atoms with van der Waals surface area (Å²) in [5.74, 6) is -7.32. The Morgan fingerprint density at radius 2 is 1.63 bits per heavy atom. The molecule has 2 N–H and O–H groups in total. The number of carbonyl (C=O) groups excluding carboxylic acids is 3. The Morgan fingerprint density at radius 1 is 0.957 bits per heavy atom. The molecule has 0 radical (unpaired) electrons. The van der Waals surface area contributed by atoms with Crippen molar-refractivity contribution in [2.45, 2.75) is 71.4 Å². The molecule has 9 nitrogen and oxygen atoms in total. The number of amides is 3. The molecule has 2 aromatic carbocycles. The molecule has 3 aromatic rings. The van der Waals surface area contributed by atoms with E-state index < -0.39 is 84.2 Å². The number of alkyl carbamates (subject to hydrolysis) is 1. The normalized spacial score (nSPS) is 14.0. The highest BCUT2D eigenvalue weighted by atomic mass is 19.4. The van der Waals surface area contributed by atoms with Gasteiger partial charge in [0, 0.05) is 44.1 Å². The van der Waals surface area contributed by atoms with Crippen LogP contribution in [0.25, 0.3) is 11.3 Å². The number of fused-ring (bicyclic) bond motifs is 1. The Balaban J connectivity index is 1.63. The predicted molar refractivity (Wildman–Crippen MR) is 150 cm³/mol. The number of carbonyl (C=O) groups is 3. The summed E-state index contributed by atoms with van der Waals surface area (Å²) < 4.78 is 105. The van der Waals surface area contributed by atoms with Crippen molar-refractivity contribution in [1.82, 2.24) is 19.8 Å². The largest absolute Gasteiger partial charge is 0.449 e. The van der Waals surface area contributed by atoms with E-state index in [9.17, 15) is 45.1 Å². The molecule has 0 unspecified atom stereocenters. The van der Waals surface area contributed by atoms with Crippen LogP contribution in [0, 0.1) is 23.3 Å². The van der Waals surface area contributed by atoms with Gasteiger partial charge in [-0.2, -0.15) is 13.2 Å². The monoisotopic (exact) mass is 657 g/mol. The van der Waals surface area contributed by atoms with E-state index in [1.54, 1.807) is 20.8 Å². The van der Waals surface area contributed by atoms with Crippen LogP contribution in [0.2, 0.25) is 0 Å². The van der Waals surface area contributed by atoms with E-state index in [2.05, 4.69) is 15.6 Å². The maximum absolute atomic E-state index is 14.7. The third kappa shape index (κ3) is 8.14. The van der Waals surface area contributed by atoms with Gasteiger partial charge in [-0.1, -0.05) is 6.07 Å². The zero-order valence-electron chi connectivity index (χ0n) is 25.1. The Kier molecular flexibility index (Phi) is 9.68. The standard InChI is InChI=1S/C30H30F7N5O4/c1-15(43)38-23-6-5-16(10-22(23)34)26-24-14-41(7-8-42(24)27(40-26)30(35,36)37)25(44)12-18(39-28(45)46-29(2,3)4)9-17-11-20(32)21(33)13-19(17)31/h5-6,10-11,13,18H,7-9,12,14H2,1-4H3,(H,38,43)(H,39,45)/t18-/m1/s1. The number of rotatable bonds is 7. The number of benzene rings is 2. The first kappa shape index (κ1) is 34.2. The summed E-state index contributed by atoms with van der Waals surface area (Å²) in [5, 5.41) is 4.69. The van der Waals surface area contributed by atoms with Crippen LogP contribution in [0.1, 0.15) is 51.2 Å². The lowest BCUT2D eigenvalue weighted by Crippen LogP contribution is -2.45. The van der Waals surface area contributed by atoms with Crippen molar-refractivity contribution in [3.63, 3.8) is 0 Å². The van der Waals surface area contributed by atoms with Crippen LogP contribution in [0.15, 0.2) is 30.3 Å². The van der Waals surface area contributed by atoms with Gasteiger partial charge in [-0.05, 0) is 51.0 Å². The fourth-order valence-corrected chi connectivity index (χ4v) is 4.96. The second-order valence-electron chi connectivity index (χ2n) is 11.7. The average Bonchev–Trinajstić information content (AvgIpc) is 3.31. The molecule has 1 aliphatic heterocycles. The Bertz CT molecular complexity index is 1670. The molecule has 0 saturated heterocycles. The molecule has 0 spiro atoms. The van der Waals surface area contributed by atoms with Crippen LogP contribution < -0.4 is 10.6 Å². The maximum Gasteiger partial charge on any atom is 0.449 e. The molecule has 0 bridgehead atoms. The SMILES string of the molecule is CC(=O)Nc1ccc(-c2nc(C(F)(F)F)n3c2CN(C(=O)C[C@@H](Cc2cc(F)c(F)cc2F)NC(=O)OC(C)(C)C)CC3)cc1F. The number of anilines is 1. The summed E-state index contributed by atoms with van der Waals surface area (Å²) >= 11 is 0. The quantitative estimate of drug-likeness (QED) is 0.241. The first-order valence-electron chi connectivity index (χ1n) is 14.0. The van der Waals surface area contributed by atoms with Crippen molar-refractivity contribution >= 4 is 23.6 Å². The molecule has 1 aliphatic rings. The van der Waals surface area contributed by atoms with Gasteiger partial charge >= 0.3 is 12.3 Å². The minimum Gasteiger partial charge on any atom is -0.444 e. The van der Waals surface area contributed by atoms with Gasteiger partial charge in [0.25, 0.3) is 0 Å². The van der Waals surface area contributed by atoms with Crippen LogP contribution in [-0.2, 0) is 40.0 Å². The molecular formula is C30H30F7N5O4. The second-order valence-corrected chi connectivity index (χ2v) is 11.7. The van der Waals surface area contributed by atoms with Gasteiger partial charge < -0.3 is 24.8 Å². The van der Waals surface area contributed by atoms with Crippen LogP contribution in [0.5, 0.6) is 0 Å². The van der Waals surface area contributed by atoms with Crippen LogP contribution in [-0.4, -0.2) is 50.5 Å². The third-order valence-electron chi connectivity index (χ3n) is 6.86. The summed E-state index contributed by atoms with van der Waals surface area (Å²) in [6, 6.07) is 3.08. The van der Waals surface area contributed by atoms with Crippen molar-refractivity contribution < 1.29 is 49.9 Å². The second kappa shape index (κ2) is 13.0. The highest BCUT2D eigenvalue weighted by Crippen LogP contribution is 2.37. The summed E-state index contributed by atoms with van der Waals surface area (Å²) in [7, 11) is 0. The maximum atomic E-state index is 14.7. The number of alkyl halides is 3. The van der Waals surface area contributed by atoms with Gasteiger partial charge in [-0.25, -0.2) is 27.3 Å². The number of ether oxygens (including phenoxy) is 1. The molecule has 4 rings (SSSR count). The van der Waals surface area contributed by atoms with E-state index in [0.717, 1.165) is 17.6 Å². The zero-order chi connectivity index (χ0) is 34.1. The Morgan fingerprint density at radius 3 is 2.24 bits per heavy atom. The van der Waals surface area contributed by atoms with E-state index in [0.29, 0.717) is 12.1 Å². The predicted octanol–water partition coefficient (Wildman–Crippen LogP) is 5.95. The molecule has 1 aromatic heterocycles. The highest BCUT2D eigenvalue weighted by Gasteiger charge is 2.41. The number of hydrogen-bond acceptors (Lipinski definition) is 5. The van der Waals surface area contributed by atoms with Gasteiger partial charge in [-0.3, -0.25) is 9.59 Å². The minimum atomic E-state index is -4.88. The number of nitrogens with one attached hydrogen (secondary N) is 2. The van der Waals surface area contributed by atoms with Gasteiger partial charge in [0.05, 0.1) is 23.6 Å². The summed E-state index contributed by atoms with van der Waals surface area (Å²) in [6.07, 6.45) is -6.84. The number of hydrogen-bond donors (Lipinski definition) is 2. The number of nitrogens with zero attached hydrogens (tertiary/aromatic N) is 3. The zero-order valence-corrected chi connectivity index (χ0v) is 25.1. The lowest BCUT2D eigenvalue weighted by molar-refractivity contribution is -0.148. The Hall–Kier alpha value is -4.63. The first-order valence-corrected chi connectivity index (χ1v) is 14.0. The molecular weight excluding hydrogens is 627 g/mol. The van der Waals surface area contributed by atoms with Gasteiger partial charge in [0.15, 0.2) is 11.6 Å². The molecule has 2 heterocycles. The van der Waals surface area contributed by atoms with Crippen LogP contribution in [0.3, 0.4) is 0 Å². The van der Waals surface area contributed by atoms with Crippen LogP contribution in [0.4, 0.5) is 41.2 Å². The molecule has 0 saturated carbocycles. The topological polar surface area (TPSA) is 106 Å². The van der Waals surface area contributed by atoms with Crippen molar-refractivity contribution in [3.8, 4) is 11.3 Å². The summed E-state index contributed by atoms with van der Waals surface area (Å²) in [4.78, 5) is 42.3. The fraction of sp³-hybridized carbons (Fsp3) is 0.400. The smallest absolute Gasteiger partial charge is 0.444 e. The van der Waals surface area contributed by atoms with Crippen molar-refractivity contribution in [1.29, 1.82) is 0 Å². The molecule has 1 atom stereocenters. The van der Waals surface area contributed by atoms with Gasteiger partial charge in [0.1, 0.15) is 17.2 Å². The van der Waals surface area contributed by atoms with E-state index >= 15 is 0 Å². The average molecular weight is 658 g/mol. The first-order chi connectivity index (χ1) is 21.3. The molecule has 16 heteroatoms. The number of imidazole rings is 1. The van der Waals surface area contributed by atoms with Crippen molar-refractivity contribution in [3.05, 3.63) is 70.7 Å². The summed E-state index contributed by atoms with van der Waals surface area (Å²) in [6.45, 7) is 4.93. The lowest BCUT2D eigenvalue weighted by Gasteiger charge is -2.31. The highest BCUT2D eigenvalue weighted by molar-refractivity contribution is 5.89. The van der Waals surface area contributed by atoms with Crippen LogP contribution >= 0.6 is 0 Å². The van der Waals surface area contributed by atoms with E-state index in [1.807, 2.05) is 0 Å². The fourth-order valence-electron chi connectivity index (χ4n) is 4.96. The minimum absolute atomic E-state index is 0.0431. The van der Waals surface area contributed by atoms with Crippen molar-refractivity contribution in [2.75, 3.05) is 11.9 Å².